The molecule has 0 spiro atoms. The van der Waals surface area contributed by atoms with Crippen LogP contribution in [0.5, 0.6) is 0 Å². The number of rotatable bonds is 5. The summed E-state index contributed by atoms with van der Waals surface area (Å²) in [5, 5.41) is 18.7. The molecule has 0 radical (unpaired) electrons. The fourth-order valence-electron chi connectivity index (χ4n) is 0.585. The van der Waals surface area contributed by atoms with Gasteiger partial charge in [0.1, 0.15) is 0 Å². The second kappa shape index (κ2) is 6.85. The number of hydrogen-bond acceptors (Lipinski definition) is 3. The van der Waals surface area contributed by atoms with Gasteiger partial charge in [0.15, 0.2) is 0 Å². The summed E-state index contributed by atoms with van der Waals surface area (Å²) in [6.45, 7) is 0.385. The summed E-state index contributed by atoms with van der Waals surface area (Å²) in [7, 11) is 0. The molecule has 0 atom stereocenters. The molecular formula is C8H10N2O3. The lowest BCUT2D eigenvalue weighted by atomic mass is 10.3. The van der Waals surface area contributed by atoms with Crippen molar-refractivity contribution in [2.24, 2.45) is 0 Å². The Morgan fingerprint density at radius 1 is 1.46 bits per heavy atom. The molecule has 70 valence electrons. The lowest BCUT2D eigenvalue weighted by Crippen LogP contribution is -2.22. The second-order valence-corrected chi connectivity index (χ2v) is 2.22. The average molecular weight is 182 g/mol. The first-order valence-electron chi connectivity index (χ1n) is 3.72. The van der Waals surface area contributed by atoms with E-state index in [2.05, 4.69) is 5.32 Å². The number of aliphatic carboxylic acids is 1. The highest BCUT2D eigenvalue weighted by Gasteiger charge is 1.94. The zero-order valence-corrected chi connectivity index (χ0v) is 6.99. The first-order valence-corrected chi connectivity index (χ1v) is 3.72. The van der Waals surface area contributed by atoms with Crippen LogP contribution in [0.15, 0.2) is 12.2 Å². The molecule has 0 fully saturated rings. The van der Waals surface area contributed by atoms with Crippen LogP contribution in [0.3, 0.4) is 0 Å². The first kappa shape index (κ1) is 11.2. The summed E-state index contributed by atoms with van der Waals surface area (Å²) in [6.07, 6.45) is 2.65. The van der Waals surface area contributed by atoms with Crippen LogP contribution < -0.4 is 5.32 Å². The van der Waals surface area contributed by atoms with Crippen LogP contribution in [-0.4, -0.2) is 23.5 Å². The van der Waals surface area contributed by atoms with Crippen molar-refractivity contribution in [1.29, 1.82) is 5.26 Å². The molecule has 0 aliphatic heterocycles. The standard InChI is InChI=1S/C8H10N2O3/c9-5-1-2-6-10-7(11)3-4-8(12)13/h3-4H,1-2,6H2,(H,10,11)(H,12,13). The number of nitrogens with one attached hydrogen (secondary N) is 1. The summed E-state index contributed by atoms with van der Waals surface area (Å²) < 4.78 is 0. The maximum atomic E-state index is 10.8. The van der Waals surface area contributed by atoms with E-state index in [4.69, 9.17) is 10.4 Å². The molecule has 0 aromatic rings. The predicted molar refractivity (Wildman–Crippen MR) is 44.6 cm³/mol. The molecule has 0 aliphatic carbocycles. The fourth-order valence-corrected chi connectivity index (χ4v) is 0.585. The van der Waals surface area contributed by atoms with Crippen molar-refractivity contribution in [2.75, 3.05) is 6.54 Å². The number of carboxylic acids is 1. The van der Waals surface area contributed by atoms with Crippen LogP contribution >= 0.6 is 0 Å². The fraction of sp³-hybridized carbons (Fsp3) is 0.375. The molecule has 0 aliphatic rings. The third kappa shape index (κ3) is 8.07. The Bertz CT molecular complexity index is 253. The Kier molecular flexibility index (Phi) is 5.89. The molecule has 1 amide bonds. The van der Waals surface area contributed by atoms with Crippen molar-refractivity contribution in [1.82, 2.24) is 5.32 Å². The molecule has 13 heavy (non-hydrogen) atoms. The largest absolute Gasteiger partial charge is 0.478 e. The minimum Gasteiger partial charge on any atom is -0.478 e. The lowest BCUT2D eigenvalue weighted by molar-refractivity contribution is -0.131. The zero-order chi connectivity index (χ0) is 10.1. The van der Waals surface area contributed by atoms with Crippen molar-refractivity contribution >= 4 is 11.9 Å². The molecule has 2 N–H and O–H groups in total. The van der Waals surface area contributed by atoms with Gasteiger partial charge in [-0.3, -0.25) is 4.79 Å². The van der Waals surface area contributed by atoms with Crippen LogP contribution in [0.4, 0.5) is 0 Å². The smallest absolute Gasteiger partial charge is 0.328 e. The van der Waals surface area contributed by atoms with Crippen molar-refractivity contribution in [3.8, 4) is 6.07 Å². The van der Waals surface area contributed by atoms with Gasteiger partial charge in [-0.2, -0.15) is 5.26 Å². The third-order valence-electron chi connectivity index (χ3n) is 1.14. The van der Waals surface area contributed by atoms with E-state index in [0.717, 1.165) is 12.2 Å². The first-order chi connectivity index (χ1) is 6.16. The van der Waals surface area contributed by atoms with Gasteiger partial charge in [-0.05, 0) is 6.42 Å². The van der Waals surface area contributed by atoms with Crippen molar-refractivity contribution < 1.29 is 14.7 Å². The number of hydrogen-bond donors (Lipinski definition) is 2. The van der Waals surface area contributed by atoms with E-state index in [1.54, 1.807) is 0 Å². The molecule has 0 saturated carbocycles. The molecule has 0 heterocycles. The van der Waals surface area contributed by atoms with Crippen LogP contribution in [0.1, 0.15) is 12.8 Å². The number of carbonyl (C=O) groups excluding carboxylic acids is 1. The Hall–Kier alpha value is -1.83. The molecular weight excluding hydrogens is 172 g/mol. The Morgan fingerprint density at radius 2 is 2.15 bits per heavy atom. The minimum absolute atomic E-state index is 0.378. The van der Waals surface area contributed by atoms with Gasteiger partial charge in [0.05, 0.1) is 6.07 Å². The summed E-state index contributed by atoms with van der Waals surface area (Å²) in [4.78, 5) is 20.7. The number of carboxylic acid groups (broad SMARTS) is 1. The highest BCUT2D eigenvalue weighted by Crippen LogP contribution is 1.83. The molecule has 0 rings (SSSR count). The number of unbranched alkanes of at least 4 members (excludes halogenated alkanes) is 1. The van der Waals surface area contributed by atoms with Gasteiger partial charge < -0.3 is 10.4 Å². The van der Waals surface area contributed by atoms with Crippen LogP contribution in [0, 0.1) is 11.3 Å². The van der Waals surface area contributed by atoms with E-state index in [0.29, 0.717) is 19.4 Å². The third-order valence-corrected chi connectivity index (χ3v) is 1.14. The average Bonchev–Trinajstić information content (AvgIpc) is 2.09. The molecule has 0 aromatic carbocycles. The molecule has 0 bridgehead atoms. The normalized spacial score (nSPS) is 9.46. The monoisotopic (exact) mass is 182 g/mol. The molecule has 5 heteroatoms. The zero-order valence-electron chi connectivity index (χ0n) is 6.99. The second-order valence-electron chi connectivity index (χ2n) is 2.22. The van der Waals surface area contributed by atoms with Gasteiger partial charge in [0.25, 0.3) is 0 Å². The van der Waals surface area contributed by atoms with Gasteiger partial charge >= 0.3 is 5.97 Å². The van der Waals surface area contributed by atoms with Crippen molar-refractivity contribution in [3.63, 3.8) is 0 Å². The van der Waals surface area contributed by atoms with Crippen molar-refractivity contribution in [2.45, 2.75) is 12.8 Å². The minimum atomic E-state index is -1.16. The number of nitriles is 1. The maximum Gasteiger partial charge on any atom is 0.328 e. The maximum absolute atomic E-state index is 10.8. The molecule has 0 unspecified atom stereocenters. The summed E-state index contributed by atoms with van der Waals surface area (Å²) >= 11 is 0. The topological polar surface area (TPSA) is 90.2 Å². The van der Waals surface area contributed by atoms with E-state index >= 15 is 0 Å². The Morgan fingerprint density at radius 3 is 2.69 bits per heavy atom. The van der Waals surface area contributed by atoms with E-state index in [9.17, 15) is 9.59 Å². The predicted octanol–water partition coefficient (Wildman–Crippen LogP) is 0.0472. The Labute approximate surface area is 75.7 Å². The van der Waals surface area contributed by atoms with Gasteiger partial charge in [-0.25, -0.2) is 4.79 Å². The van der Waals surface area contributed by atoms with Crippen molar-refractivity contribution in [3.05, 3.63) is 12.2 Å². The quantitative estimate of drug-likeness (QED) is 0.464. The van der Waals surface area contributed by atoms with Crippen LogP contribution in [0.25, 0.3) is 0 Å². The highest BCUT2D eigenvalue weighted by atomic mass is 16.4. The lowest BCUT2D eigenvalue weighted by Gasteiger charge is -1.97. The van der Waals surface area contributed by atoms with E-state index in [1.807, 2.05) is 6.07 Å². The number of amides is 1. The van der Waals surface area contributed by atoms with Gasteiger partial charge in [0.2, 0.25) is 5.91 Å². The Balaban J connectivity index is 3.53. The van der Waals surface area contributed by atoms with E-state index in [-0.39, 0.29) is 0 Å². The molecule has 0 aromatic heterocycles. The summed E-state index contributed by atoms with van der Waals surface area (Å²) in [6, 6.07) is 1.93. The highest BCUT2D eigenvalue weighted by molar-refractivity contribution is 5.93. The van der Waals surface area contributed by atoms with Gasteiger partial charge in [-0.15, -0.1) is 0 Å². The SMILES string of the molecule is N#CCCCNC(=O)C=CC(=O)O. The van der Waals surface area contributed by atoms with Crippen LogP contribution in [0.2, 0.25) is 0 Å². The summed E-state index contributed by atoms with van der Waals surface area (Å²) in [5.74, 6) is -1.62. The molecule has 0 saturated heterocycles. The van der Waals surface area contributed by atoms with Gasteiger partial charge in [-0.1, -0.05) is 0 Å². The van der Waals surface area contributed by atoms with Gasteiger partial charge in [0, 0.05) is 25.1 Å². The molecule has 5 nitrogen and oxygen atoms in total. The van der Waals surface area contributed by atoms with E-state index in [1.165, 1.54) is 0 Å². The number of nitrogens with zero attached hydrogens (tertiary/aromatic N) is 1. The number of carbonyl (C=O) groups is 2. The van der Waals surface area contributed by atoms with Crippen LogP contribution in [-0.2, 0) is 9.59 Å². The summed E-state index contributed by atoms with van der Waals surface area (Å²) in [5.41, 5.74) is 0. The van der Waals surface area contributed by atoms with E-state index < -0.39 is 11.9 Å².